The van der Waals surface area contributed by atoms with Gasteiger partial charge in [0.2, 0.25) is 0 Å². The van der Waals surface area contributed by atoms with Crippen LogP contribution >= 0.6 is 0 Å². The van der Waals surface area contributed by atoms with Crippen LogP contribution in [0.15, 0.2) is 43.6 Å². The molecule has 4 heteroatoms. The number of rotatable bonds is 5. The maximum absolute atomic E-state index is 12.0. The minimum absolute atomic E-state index is 0.151. The lowest BCUT2D eigenvalue weighted by molar-refractivity contribution is 0.0790. The summed E-state index contributed by atoms with van der Waals surface area (Å²) in [4.78, 5) is 17.5. The van der Waals surface area contributed by atoms with Crippen LogP contribution in [0.1, 0.15) is 16.1 Å². The summed E-state index contributed by atoms with van der Waals surface area (Å²) in [6, 6.07) is 5.02. The Hall–Kier alpha value is -2.41. The lowest BCUT2D eigenvalue weighted by Gasteiger charge is -2.18. The van der Waals surface area contributed by atoms with Gasteiger partial charge in [-0.25, -0.2) is 4.98 Å². The summed E-state index contributed by atoms with van der Waals surface area (Å²) in [5.41, 5.74) is 0.744. The highest BCUT2D eigenvalue weighted by atomic mass is 16.2. The van der Waals surface area contributed by atoms with Gasteiger partial charge in [0.05, 0.1) is 5.56 Å². The normalized spacial score (nSPS) is 9.12. The van der Waals surface area contributed by atoms with E-state index in [2.05, 4.69) is 18.1 Å². The number of carbonyl (C=O) groups excluding carboxylic acids is 1. The molecule has 0 aliphatic rings. The first-order valence-electron chi connectivity index (χ1n) is 5.10. The molecular weight excluding hydrogens is 214 g/mol. The fraction of sp³-hybridized carbons (Fsp3) is 0.154. The molecule has 1 aromatic rings. The quantitative estimate of drug-likeness (QED) is 0.720. The molecule has 0 atom stereocenters. The van der Waals surface area contributed by atoms with Gasteiger partial charge in [-0.2, -0.15) is 5.26 Å². The number of hydrogen-bond donors (Lipinski definition) is 0. The van der Waals surface area contributed by atoms with Gasteiger partial charge in [-0.1, -0.05) is 12.2 Å². The number of amides is 1. The summed E-state index contributed by atoms with van der Waals surface area (Å²) in [5, 5.41) is 8.61. The third kappa shape index (κ3) is 3.28. The van der Waals surface area contributed by atoms with E-state index in [0.29, 0.717) is 24.3 Å². The Morgan fingerprint density at radius 3 is 2.47 bits per heavy atom. The largest absolute Gasteiger partial charge is 0.331 e. The van der Waals surface area contributed by atoms with E-state index in [0.717, 1.165) is 0 Å². The molecule has 0 radical (unpaired) electrons. The molecule has 0 saturated heterocycles. The summed E-state index contributed by atoms with van der Waals surface area (Å²) in [6.45, 7) is 8.10. The predicted molar refractivity (Wildman–Crippen MR) is 65.2 cm³/mol. The molecule has 1 rings (SSSR count). The number of aromatic nitrogens is 1. The second-order valence-corrected chi connectivity index (χ2v) is 3.33. The van der Waals surface area contributed by atoms with Gasteiger partial charge in [-0.05, 0) is 12.1 Å². The Labute approximate surface area is 101 Å². The molecule has 4 nitrogen and oxygen atoms in total. The van der Waals surface area contributed by atoms with E-state index in [1.54, 1.807) is 23.1 Å². The zero-order valence-electron chi connectivity index (χ0n) is 9.47. The van der Waals surface area contributed by atoms with Crippen LogP contribution in [-0.2, 0) is 0 Å². The molecule has 86 valence electrons. The molecule has 1 amide bonds. The van der Waals surface area contributed by atoms with Crippen molar-refractivity contribution in [3.8, 4) is 6.07 Å². The van der Waals surface area contributed by atoms with Crippen LogP contribution in [0, 0.1) is 11.3 Å². The second kappa shape index (κ2) is 6.23. The van der Waals surface area contributed by atoms with Gasteiger partial charge in [0.15, 0.2) is 0 Å². The highest BCUT2D eigenvalue weighted by Crippen LogP contribution is 2.05. The molecule has 0 bridgehead atoms. The van der Waals surface area contributed by atoms with E-state index in [1.807, 2.05) is 6.07 Å². The van der Waals surface area contributed by atoms with Crippen LogP contribution in [0.4, 0.5) is 0 Å². The standard InChI is InChI=1S/C13H13N3O/c1-3-7-16(8-4-2)13(17)11-5-6-12(9-14)15-10-11/h3-6,10H,1-2,7-8H2. The average Bonchev–Trinajstić information content (AvgIpc) is 2.38. The average molecular weight is 227 g/mol. The fourth-order valence-corrected chi connectivity index (χ4v) is 1.32. The molecule has 0 aliphatic heterocycles. The number of nitrogens with zero attached hydrogens (tertiary/aromatic N) is 3. The van der Waals surface area contributed by atoms with Crippen molar-refractivity contribution in [1.82, 2.24) is 9.88 Å². The van der Waals surface area contributed by atoms with Crippen LogP contribution in [0.25, 0.3) is 0 Å². The first kappa shape index (κ1) is 12.7. The number of nitriles is 1. The van der Waals surface area contributed by atoms with E-state index in [1.165, 1.54) is 12.3 Å². The van der Waals surface area contributed by atoms with Gasteiger partial charge in [-0.3, -0.25) is 4.79 Å². The summed E-state index contributed by atoms with van der Waals surface area (Å²) in [6.07, 6.45) is 4.71. The minimum atomic E-state index is -0.151. The van der Waals surface area contributed by atoms with E-state index in [9.17, 15) is 4.79 Å². The maximum Gasteiger partial charge on any atom is 0.255 e. The summed E-state index contributed by atoms with van der Waals surface area (Å²) < 4.78 is 0. The van der Waals surface area contributed by atoms with Crippen LogP contribution in [-0.4, -0.2) is 28.9 Å². The second-order valence-electron chi connectivity index (χ2n) is 3.33. The number of pyridine rings is 1. The lowest BCUT2D eigenvalue weighted by Crippen LogP contribution is -2.31. The van der Waals surface area contributed by atoms with Gasteiger partial charge < -0.3 is 4.90 Å². The molecule has 0 saturated carbocycles. The topological polar surface area (TPSA) is 57.0 Å². The number of hydrogen-bond acceptors (Lipinski definition) is 3. The SMILES string of the molecule is C=CCN(CC=C)C(=O)c1ccc(C#N)nc1. The highest BCUT2D eigenvalue weighted by Gasteiger charge is 2.13. The molecule has 0 spiro atoms. The third-order valence-corrected chi connectivity index (χ3v) is 2.11. The Morgan fingerprint density at radius 2 is 2.06 bits per heavy atom. The van der Waals surface area contributed by atoms with Gasteiger partial charge >= 0.3 is 0 Å². The molecule has 0 aliphatic carbocycles. The lowest BCUT2D eigenvalue weighted by atomic mass is 10.2. The van der Waals surface area contributed by atoms with Gasteiger partial charge in [0.25, 0.3) is 5.91 Å². The molecule has 1 aromatic heterocycles. The summed E-state index contributed by atoms with van der Waals surface area (Å²) in [5.74, 6) is -0.151. The van der Waals surface area contributed by atoms with Gasteiger partial charge in [-0.15, -0.1) is 13.2 Å². The first-order valence-corrected chi connectivity index (χ1v) is 5.10. The van der Waals surface area contributed by atoms with E-state index >= 15 is 0 Å². The summed E-state index contributed by atoms with van der Waals surface area (Å²) >= 11 is 0. The zero-order valence-corrected chi connectivity index (χ0v) is 9.47. The van der Waals surface area contributed by atoms with Crippen molar-refractivity contribution in [1.29, 1.82) is 5.26 Å². The molecule has 0 unspecified atom stereocenters. The van der Waals surface area contributed by atoms with E-state index < -0.39 is 0 Å². The van der Waals surface area contributed by atoms with Crippen molar-refractivity contribution in [2.45, 2.75) is 0 Å². The first-order chi connectivity index (χ1) is 8.22. The molecule has 17 heavy (non-hydrogen) atoms. The van der Waals surface area contributed by atoms with E-state index in [-0.39, 0.29) is 5.91 Å². The fourth-order valence-electron chi connectivity index (χ4n) is 1.32. The Kier molecular flexibility index (Phi) is 4.64. The third-order valence-electron chi connectivity index (χ3n) is 2.11. The highest BCUT2D eigenvalue weighted by molar-refractivity contribution is 5.94. The molecule has 1 heterocycles. The van der Waals surface area contributed by atoms with Gasteiger partial charge in [0, 0.05) is 19.3 Å². The smallest absolute Gasteiger partial charge is 0.255 e. The van der Waals surface area contributed by atoms with Crippen LogP contribution < -0.4 is 0 Å². The molecule has 0 aromatic carbocycles. The Morgan fingerprint density at radius 1 is 1.41 bits per heavy atom. The van der Waals surface area contributed by atoms with Crippen molar-refractivity contribution in [3.05, 3.63) is 54.9 Å². The summed E-state index contributed by atoms with van der Waals surface area (Å²) in [7, 11) is 0. The van der Waals surface area contributed by atoms with Gasteiger partial charge in [0.1, 0.15) is 11.8 Å². The van der Waals surface area contributed by atoms with Crippen molar-refractivity contribution >= 4 is 5.91 Å². The zero-order chi connectivity index (χ0) is 12.7. The van der Waals surface area contributed by atoms with E-state index in [4.69, 9.17) is 5.26 Å². The Balaban J connectivity index is 2.88. The van der Waals surface area contributed by atoms with Crippen molar-refractivity contribution < 1.29 is 4.79 Å². The van der Waals surface area contributed by atoms with Crippen molar-refractivity contribution in [2.24, 2.45) is 0 Å². The van der Waals surface area contributed by atoms with Crippen LogP contribution in [0.2, 0.25) is 0 Å². The van der Waals surface area contributed by atoms with Crippen LogP contribution in [0.5, 0.6) is 0 Å². The molecular formula is C13H13N3O. The number of carbonyl (C=O) groups is 1. The molecule has 0 N–H and O–H groups in total. The van der Waals surface area contributed by atoms with Crippen molar-refractivity contribution in [2.75, 3.05) is 13.1 Å². The van der Waals surface area contributed by atoms with Crippen LogP contribution in [0.3, 0.4) is 0 Å². The maximum atomic E-state index is 12.0. The Bertz CT molecular complexity index is 447. The molecule has 0 fully saturated rings. The predicted octanol–water partition coefficient (Wildman–Crippen LogP) is 1.77. The minimum Gasteiger partial charge on any atom is -0.331 e. The monoisotopic (exact) mass is 227 g/mol. The van der Waals surface area contributed by atoms with Crippen molar-refractivity contribution in [3.63, 3.8) is 0 Å².